The second-order valence-corrected chi connectivity index (χ2v) is 6.82. The number of methoxy groups -OCH3 is 1. The lowest BCUT2D eigenvalue weighted by Crippen LogP contribution is -2.52. The number of piperazine rings is 1. The van der Waals surface area contributed by atoms with Crippen molar-refractivity contribution in [2.75, 3.05) is 38.2 Å². The average molecular weight is 395 g/mol. The van der Waals surface area contributed by atoms with Gasteiger partial charge in [0, 0.05) is 50.9 Å². The molecule has 2 saturated heterocycles. The van der Waals surface area contributed by atoms with Gasteiger partial charge in [0.25, 0.3) is 5.91 Å². The number of halogens is 1. The van der Waals surface area contributed by atoms with Crippen LogP contribution in [0, 0.1) is 0 Å². The molecule has 1 unspecified atom stereocenters. The Hall–Kier alpha value is -2.32. The zero-order valence-corrected chi connectivity index (χ0v) is 15.9. The quantitative estimate of drug-likeness (QED) is 0.716. The highest BCUT2D eigenvalue weighted by atomic mass is 35.5. The number of benzene rings is 1. The first-order valence-corrected chi connectivity index (χ1v) is 8.89. The summed E-state index contributed by atoms with van der Waals surface area (Å²) in [6.45, 7) is 3.98. The molecule has 4 rings (SSSR count). The number of hydrogen-bond donors (Lipinski definition) is 2. The maximum Gasteiger partial charge on any atom is 0.258 e. The number of nitrogens with one attached hydrogen (secondary N) is 2. The lowest BCUT2D eigenvalue weighted by Gasteiger charge is -2.30. The summed E-state index contributed by atoms with van der Waals surface area (Å²) < 4.78 is 5.49. The van der Waals surface area contributed by atoms with Crippen LogP contribution in [0.4, 0.5) is 5.69 Å². The van der Waals surface area contributed by atoms with Crippen LogP contribution in [0.3, 0.4) is 0 Å². The number of piperidine rings is 1. The fourth-order valence-electron chi connectivity index (χ4n) is 3.92. The van der Waals surface area contributed by atoms with Crippen LogP contribution >= 0.6 is 12.4 Å². The van der Waals surface area contributed by atoms with E-state index in [0.29, 0.717) is 24.3 Å². The van der Waals surface area contributed by atoms with E-state index in [-0.39, 0.29) is 30.6 Å². The zero-order valence-electron chi connectivity index (χ0n) is 15.1. The molecule has 3 aliphatic heterocycles. The number of carbonyl (C=O) groups is 3. The predicted octanol–water partition coefficient (Wildman–Crippen LogP) is 0.288. The summed E-state index contributed by atoms with van der Waals surface area (Å²) in [6.07, 6.45) is 0.608. The fraction of sp³-hybridized carbons (Fsp3) is 0.500. The van der Waals surface area contributed by atoms with Crippen molar-refractivity contribution >= 4 is 35.8 Å². The molecule has 3 heterocycles. The summed E-state index contributed by atoms with van der Waals surface area (Å²) in [6, 6.07) is 3.31. The van der Waals surface area contributed by atoms with Crippen LogP contribution in [-0.2, 0) is 16.1 Å². The molecule has 9 heteroatoms. The average Bonchev–Trinajstić information content (AvgIpc) is 2.98. The Morgan fingerprint density at radius 3 is 2.56 bits per heavy atom. The Morgan fingerprint density at radius 1 is 1.15 bits per heavy atom. The number of imide groups is 1. The summed E-state index contributed by atoms with van der Waals surface area (Å²) in [5.74, 6) is -0.355. The molecule has 146 valence electrons. The summed E-state index contributed by atoms with van der Waals surface area (Å²) in [5.41, 5.74) is 2.42. The van der Waals surface area contributed by atoms with Crippen LogP contribution in [0.25, 0.3) is 0 Å². The van der Waals surface area contributed by atoms with Crippen molar-refractivity contribution in [2.45, 2.75) is 25.4 Å². The maximum atomic E-state index is 12.9. The molecule has 1 aromatic rings. The van der Waals surface area contributed by atoms with Crippen molar-refractivity contribution in [2.24, 2.45) is 0 Å². The highest BCUT2D eigenvalue weighted by molar-refractivity contribution is 6.06. The van der Waals surface area contributed by atoms with Crippen molar-refractivity contribution in [1.29, 1.82) is 0 Å². The first-order chi connectivity index (χ1) is 12.6. The third kappa shape index (κ3) is 3.46. The number of hydrogen-bond acceptors (Lipinski definition) is 6. The largest absolute Gasteiger partial charge is 0.496 e. The minimum Gasteiger partial charge on any atom is -0.496 e. The molecular weight excluding hydrogens is 372 g/mol. The number of amides is 3. The molecule has 3 amide bonds. The van der Waals surface area contributed by atoms with Gasteiger partial charge < -0.3 is 19.9 Å². The number of anilines is 1. The van der Waals surface area contributed by atoms with Crippen LogP contribution < -0.4 is 20.3 Å². The first-order valence-electron chi connectivity index (χ1n) is 8.89. The van der Waals surface area contributed by atoms with Crippen molar-refractivity contribution in [3.63, 3.8) is 0 Å². The monoisotopic (exact) mass is 394 g/mol. The van der Waals surface area contributed by atoms with Gasteiger partial charge in [0.15, 0.2) is 0 Å². The summed E-state index contributed by atoms with van der Waals surface area (Å²) in [4.78, 5) is 40.3. The van der Waals surface area contributed by atoms with Gasteiger partial charge >= 0.3 is 0 Å². The van der Waals surface area contributed by atoms with Gasteiger partial charge in [-0.15, -0.1) is 12.4 Å². The van der Waals surface area contributed by atoms with Gasteiger partial charge in [-0.3, -0.25) is 19.7 Å². The van der Waals surface area contributed by atoms with Gasteiger partial charge in [0.1, 0.15) is 11.8 Å². The number of nitrogens with zero attached hydrogens (tertiary/aromatic N) is 2. The second-order valence-electron chi connectivity index (χ2n) is 6.82. The van der Waals surface area contributed by atoms with E-state index in [0.717, 1.165) is 37.4 Å². The van der Waals surface area contributed by atoms with Crippen molar-refractivity contribution in [3.8, 4) is 5.75 Å². The summed E-state index contributed by atoms with van der Waals surface area (Å²) >= 11 is 0. The summed E-state index contributed by atoms with van der Waals surface area (Å²) in [5, 5.41) is 5.65. The van der Waals surface area contributed by atoms with Crippen LogP contribution in [0.15, 0.2) is 12.1 Å². The maximum absolute atomic E-state index is 12.9. The molecule has 0 saturated carbocycles. The van der Waals surface area contributed by atoms with E-state index < -0.39 is 11.9 Å². The molecule has 1 atom stereocenters. The SMILES string of the molecule is COc1cc(N2CCNCC2)cc2c1C(=O)N(C1CCC(=O)NC1=O)C2.Cl. The lowest BCUT2D eigenvalue weighted by molar-refractivity contribution is -0.136. The molecule has 0 aromatic heterocycles. The van der Waals surface area contributed by atoms with Crippen molar-refractivity contribution < 1.29 is 19.1 Å². The molecule has 0 radical (unpaired) electrons. The predicted molar refractivity (Wildman–Crippen MR) is 101 cm³/mol. The molecule has 2 fully saturated rings. The normalized spacial score (nSPS) is 22.3. The minimum absolute atomic E-state index is 0. The van der Waals surface area contributed by atoms with Crippen LogP contribution in [-0.4, -0.2) is 62.0 Å². The Kier molecular flexibility index (Phi) is 5.57. The molecule has 8 nitrogen and oxygen atoms in total. The van der Waals surface area contributed by atoms with Crippen LogP contribution in [0.2, 0.25) is 0 Å². The van der Waals surface area contributed by atoms with Crippen molar-refractivity contribution in [3.05, 3.63) is 23.3 Å². The van der Waals surface area contributed by atoms with E-state index in [9.17, 15) is 14.4 Å². The van der Waals surface area contributed by atoms with Gasteiger partial charge in [0.05, 0.1) is 12.7 Å². The Bertz CT molecular complexity index is 779. The Balaban J connectivity index is 0.00000210. The molecular formula is C18H23ClN4O4. The van der Waals surface area contributed by atoms with E-state index >= 15 is 0 Å². The Morgan fingerprint density at radius 2 is 1.89 bits per heavy atom. The Labute approximate surface area is 163 Å². The number of fused-ring (bicyclic) bond motifs is 1. The van der Waals surface area contributed by atoms with Gasteiger partial charge in [0.2, 0.25) is 11.8 Å². The van der Waals surface area contributed by atoms with Crippen molar-refractivity contribution in [1.82, 2.24) is 15.5 Å². The van der Waals surface area contributed by atoms with Gasteiger partial charge in [-0.05, 0) is 18.1 Å². The lowest BCUT2D eigenvalue weighted by atomic mass is 10.0. The third-order valence-corrected chi connectivity index (χ3v) is 5.27. The number of carbonyl (C=O) groups excluding carboxylic acids is 3. The number of ether oxygens (including phenoxy) is 1. The number of rotatable bonds is 3. The molecule has 0 spiro atoms. The second kappa shape index (κ2) is 7.74. The van der Waals surface area contributed by atoms with Crippen LogP contribution in [0.1, 0.15) is 28.8 Å². The van der Waals surface area contributed by atoms with Gasteiger partial charge in [-0.1, -0.05) is 0 Å². The van der Waals surface area contributed by atoms with E-state index in [2.05, 4.69) is 15.5 Å². The van der Waals surface area contributed by atoms with E-state index in [1.165, 1.54) is 0 Å². The third-order valence-electron chi connectivity index (χ3n) is 5.27. The molecule has 27 heavy (non-hydrogen) atoms. The highest BCUT2D eigenvalue weighted by Gasteiger charge is 2.40. The van der Waals surface area contributed by atoms with E-state index in [1.54, 1.807) is 12.0 Å². The van der Waals surface area contributed by atoms with E-state index in [1.807, 2.05) is 12.1 Å². The zero-order chi connectivity index (χ0) is 18.3. The molecule has 0 bridgehead atoms. The van der Waals surface area contributed by atoms with Gasteiger partial charge in [-0.2, -0.15) is 0 Å². The molecule has 2 N–H and O–H groups in total. The summed E-state index contributed by atoms with van der Waals surface area (Å²) in [7, 11) is 1.55. The first kappa shape index (κ1) is 19.4. The fourth-order valence-corrected chi connectivity index (χ4v) is 3.92. The topological polar surface area (TPSA) is 91.0 Å². The van der Waals surface area contributed by atoms with E-state index in [4.69, 9.17) is 4.74 Å². The molecule has 1 aromatic carbocycles. The smallest absolute Gasteiger partial charge is 0.258 e. The minimum atomic E-state index is -0.611. The molecule has 3 aliphatic rings. The van der Waals surface area contributed by atoms with Gasteiger partial charge in [-0.25, -0.2) is 0 Å². The highest BCUT2D eigenvalue weighted by Crippen LogP contribution is 2.37. The standard InChI is InChI=1S/C18H22N4O4.ClH/c1-26-14-9-12(21-6-4-19-5-7-21)8-11-10-22(18(25)16(11)14)13-2-3-15(23)20-17(13)24;/h8-9,13,19H,2-7,10H2,1H3,(H,20,23,24);1H. The van der Waals surface area contributed by atoms with Crippen LogP contribution in [0.5, 0.6) is 5.75 Å². The molecule has 0 aliphatic carbocycles.